The number of benzene rings is 2. The summed E-state index contributed by atoms with van der Waals surface area (Å²) >= 11 is 31.5. The van der Waals surface area contributed by atoms with Gasteiger partial charge in [0.05, 0.1) is 31.6 Å². The third-order valence-electron chi connectivity index (χ3n) is 5.13. The summed E-state index contributed by atoms with van der Waals surface area (Å²) in [7, 11) is 0. The molecule has 2 aromatic carbocycles. The monoisotopic (exact) mass is 691 g/mol. The van der Waals surface area contributed by atoms with Gasteiger partial charge in [0.1, 0.15) is 10.7 Å². The van der Waals surface area contributed by atoms with Gasteiger partial charge in [-0.05, 0) is 46.3 Å². The molecule has 4 nitrogen and oxygen atoms in total. The van der Waals surface area contributed by atoms with Crippen LogP contribution in [0.3, 0.4) is 0 Å². The molecule has 1 radical (unpaired) electrons. The minimum Gasteiger partial charge on any atom is -0.254 e. The summed E-state index contributed by atoms with van der Waals surface area (Å²) in [6.07, 6.45) is 5.25. The first-order valence-corrected chi connectivity index (χ1v) is 12.8. The number of fused-ring (bicyclic) bond motifs is 6. The molecule has 0 amide bonds. The van der Waals surface area contributed by atoms with Gasteiger partial charge in [-0.2, -0.15) is 0 Å². The van der Waals surface area contributed by atoms with E-state index >= 15 is 0 Å². The zero-order chi connectivity index (χ0) is 24.0. The average Bonchev–Trinajstić information content (AvgIpc) is 2.86. The first-order chi connectivity index (χ1) is 16.4. The topological polar surface area (TPSA) is 51.6 Å². The van der Waals surface area contributed by atoms with Crippen LogP contribution in [-0.2, 0) is 0 Å². The predicted molar refractivity (Wildman–Crippen MR) is 155 cm³/mol. The van der Waals surface area contributed by atoms with E-state index in [4.69, 9.17) is 46.4 Å². The van der Waals surface area contributed by atoms with Gasteiger partial charge in [0.25, 0.3) is 0 Å². The molecule has 4 heterocycles. The maximum atomic E-state index is 6.32. The molecule has 0 aliphatic rings. The van der Waals surface area contributed by atoms with E-state index in [0.29, 0.717) is 30.9 Å². The van der Waals surface area contributed by atoms with Crippen molar-refractivity contribution in [2.75, 3.05) is 0 Å². The summed E-state index contributed by atoms with van der Waals surface area (Å²) in [6.45, 7) is 0. The van der Waals surface area contributed by atoms with Crippen LogP contribution >= 0.6 is 78.3 Å². The average molecular weight is 695 g/mol. The molecule has 6 rings (SSSR count). The van der Waals surface area contributed by atoms with E-state index in [0.717, 1.165) is 31.7 Å². The van der Waals surface area contributed by atoms with Gasteiger partial charge < -0.3 is 0 Å². The Morgan fingerprint density at radius 3 is 1.89 bits per heavy atom. The van der Waals surface area contributed by atoms with Crippen molar-refractivity contribution in [2.24, 2.45) is 0 Å². The van der Waals surface area contributed by atoms with Crippen molar-refractivity contribution in [1.82, 2.24) is 19.9 Å². The minimum absolute atomic E-state index is 0. The summed E-state index contributed by atoms with van der Waals surface area (Å²) in [4.78, 5) is 17.3. The van der Waals surface area contributed by atoms with Crippen LogP contribution in [0.1, 0.15) is 0 Å². The predicted octanol–water partition coefficient (Wildman–Crippen LogP) is 9.32. The number of aromatic nitrogens is 4. The van der Waals surface area contributed by atoms with Crippen LogP contribution < -0.4 is 0 Å². The number of rotatable bonds is 0. The van der Waals surface area contributed by atoms with Gasteiger partial charge in [0.15, 0.2) is 0 Å². The van der Waals surface area contributed by atoms with Crippen LogP contribution in [-0.4, -0.2) is 71.3 Å². The molecule has 0 aliphatic heterocycles. The second kappa shape index (κ2) is 11.7. The van der Waals surface area contributed by atoms with Crippen molar-refractivity contribution >= 4 is 173 Å². The van der Waals surface area contributed by atoms with E-state index in [9.17, 15) is 0 Å². The van der Waals surface area contributed by atoms with E-state index in [2.05, 4.69) is 57.9 Å². The molecule has 0 aliphatic carbocycles. The Bertz CT molecular complexity index is 1750. The van der Waals surface area contributed by atoms with Crippen molar-refractivity contribution in [3.8, 4) is 0 Å². The van der Waals surface area contributed by atoms with Crippen LogP contribution in [0.25, 0.3) is 43.6 Å². The normalized spacial score (nSPS) is 10.9. The van der Waals surface area contributed by atoms with Gasteiger partial charge in [-0.1, -0.05) is 74.5 Å². The second-order valence-electron chi connectivity index (χ2n) is 7.11. The number of nitrogens with zero attached hydrogens (tertiary/aromatic N) is 4. The molecular formula is C24H10Br2Cl4KN4. The van der Waals surface area contributed by atoms with Gasteiger partial charge in [0, 0.05) is 100 Å². The van der Waals surface area contributed by atoms with Crippen LogP contribution in [0.2, 0.25) is 20.2 Å². The molecule has 4 aromatic heterocycles. The molecule has 0 fully saturated rings. The first kappa shape index (κ1) is 27.9. The summed E-state index contributed by atoms with van der Waals surface area (Å²) in [5.41, 5.74) is 3.09. The molecule has 0 saturated heterocycles. The summed E-state index contributed by atoms with van der Waals surface area (Å²) in [6, 6.07) is 13.7. The molecule has 6 aromatic rings. The molecule has 11 heteroatoms. The Morgan fingerprint density at radius 2 is 1.20 bits per heavy atom. The third-order valence-corrected chi connectivity index (χ3v) is 8.41. The zero-order valence-corrected chi connectivity index (χ0v) is 27.1. The standard InChI is InChI=1S/C12H3BrCl4N2.C12H7BrN2.K/c13-6-5-8(15)9(16)12(17)19-11(5)10-4(7(6)14)2-1-3-18-10;13-10-7-8-3-1-5-14-11(8)12-9(10)4-2-6-15-12;/h1-3H;1-7H;. The fourth-order valence-electron chi connectivity index (χ4n) is 3.61. The van der Waals surface area contributed by atoms with E-state index in [-0.39, 0.29) is 61.6 Å². The minimum atomic E-state index is 0. The van der Waals surface area contributed by atoms with Crippen LogP contribution in [0.5, 0.6) is 0 Å². The van der Waals surface area contributed by atoms with Crippen molar-refractivity contribution in [3.63, 3.8) is 0 Å². The Hall–Kier alpha value is -0.164. The number of hydrogen-bond acceptors (Lipinski definition) is 4. The Balaban J connectivity index is 0.000000164. The summed E-state index contributed by atoms with van der Waals surface area (Å²) in [5, 5.41) is 4.73. The largest absolute Gasteiger partial charge is 0.254 e. The molecule has 0 saturated carbocycles. The van der Waals surface area contributed by atoms with Crippen molar-refractivity contribution in [3.05, 3.63) is 90.2 Å². The molecule has 0 N–H and O–H groups in total. The maximum absolute atomic E-state index is 6.32. The van der Waals surface area contributed by atoms with Crippen molar-refractivity contribution < 1.29 is 0 Å². The molecule has 0 atom stereocenters. The van der Waals surface area contributed by atoms with E-state index in [1.807, 2.05) is 30.3 Å². The second-order valence-corrected chi connectivity index (χ2v) is 10.3. The SMILES string of the molecule is Brc1cc2cccnc2c2ncccc12.Clc1nc2c(c(Cl)c1Cl)c(Br)c(Cl)c1cccnc12.[K]. The Kier molecular flexibility index (Phi) is 9.31. The molecule has 169 valence electrons. The molecular weight excluding hydrogens is 685 g/mol. The van der Waals surface area contributed by atoms with E-state index < -0.39 is 0 Å². The number of hydrogen-bond donors (Lipinski definition) is 0. The van der Waals surface area contributed by atoms with Crippen LogP contribution in [0.15, 0.2) is 70.0 Å². The quantitative estimate of drug-likeness (QED) is 0.0904. The van der Waals surface area contributed by atoms with Gasteiger partial charge >= 0.3 is 0 Å². The van der Waals surface area contributed by atoms with Gasteiger partial charge in [0.2, 0.25) is 0 Å². The fraction of sp³-hybridized carbons (Fsp3) is 0. The van der Waals surface area contributed by atoms with Gasteiger partial charge in [-0.25, -0.2) is 4.98 Å². The molecule has 0 bridgehead atoms. The van der Waals surface area contributed by atoms with Crippen molar-refractivity contribution in [1.29, 1.82) is 0 Å². The summed E-state index contributed by atoms with van der Waals surface area (Å²) < 4.78 is 1.69. The summed E-state index contributed by atoms with van der Waals surface area (Å²) in [5.74, 6) is 0. The van der Waals surface area contributed by atoms with Crippen LogP contribution in [0, 0.1) is 0 Å². The van der Waals surface area contributed by atoms with E-state index in [1.54, 1.807) is 24.7 Å². The van der Waals surface area contributed by atoms with Gasteiger partial charge in [-0.15, -0.1) is 0 Å². The van der Waals surface area contributed by atoms with Crippen LogP contribution in [0.4, 0.5) is 0 Å². The number of halogens is 6. The molecule has 0 unspecified atom stereocenters. The molecule has 35 heavy (non-hydrogen) atoms. The maximum Gasteiger partial charge on any atom is 0.149 e. The first-order valence-electron chi connectivity index (χ1n) is 9.72. The smallest absolute Gasteiger partial charge is 0.149 e. The third kappa shape index (κ3) is 5.25. The Labute approximate surface area is 279 Å². The Morgan fingerprint density at radius 1 is 0.629 bits per heavy atom. The fourth-order valence-corrected chi connectivity index (χ4v) is 5.78. The van der Waals surface area contributed by atoms with E-state index in [1.165, 1.54) is 0 Å². The van der Waals surface area contributed by atoms with Crippen molar-refractivity contribution in [2.45, 2.75) is 0 Å². The molecule has 0 spiro atoms. The zero-order valence-electron chi connectivity index (χ0n) is 17.8. The number of pyridine rings is 4. The van der Waals surface area contributed by atoms with Gasteiger partial charge in [-0.3, -0.25) is 15.0 Å².